The molecule has 0 unspecified atom stereocenters. The fraction of sp³-hybridized carbons (Fsp3) is 0.231. The Morgan fingerprint density at radius 3 is 2.47 bits per heavy atom. The number of aromatic nitrogens is 2. The van der Waals surface area contributed by atoms with Crippen molar-refractivity contribution in [1.29, 1.82) is 0 Å². The van der Waals surface area contributed by atoms with Gasteiger partial charge in [0.1, 0.15) is 0 Å². The topological polar surface area (TPSA) is 60.9 Å². The summed E-state index contributed by atoms with van der Waals surface area (Å²) in [6.45, 7) is 0.650. The van der Waals surface area contributed by atoms with E-state index in [9.17, 15) is 4.79 Å². The standard InChI is InChI=1S/C13H15N3O/c1-16-13(17)7-6-12(15-16)11-4-2-10(3-5-11)8-9-14/h2-7H,8-9,14H2,1H3. The van der Waals surface area contributed by atoms with Crippen LogP contribution in [-0.2, 0) is 13.5 Å². The molecule has 2 rings (SSSR count). The van der Waals surface area contributed by atoms with Gasteiger partial charge < -0.3 is 5.73 Å². The number of benzene rings is 1. The number of rotatable bonds is 3. The SMILES string of the molecule is Cn1nc(-c2ccc(CCN)cc2)ccc1=O. The van der Waals surface area contributed by atoms with E-state index in [1.54, 1.807) is 13.1 Å². The second-order valence-corrected chi connectivity index (χ2v) is 3.92. The molecule has 1 heterocycles. The summed E-state index contributed by atoms with van der Waals surface area (Å²) in [5.41, 5.74) is 8.40. The molecular weight excluding hydrogens is 214 g/mol. The van der Waals surface area contributed by atoms with Crippen molar-refractivity contribution in [2.24, 2.45) is 12.8 Å². The number of nitrogens with two attached hydrogens (primary N) is 1. The molecule has 0 aliphatic carbocycles. The van der Waals surface area contributed by atoms with E-state index < -0.39 is 0 Å². The third-order valence-corrected chi connectivity index (χ3v) is 2.64. The lowest BCUT2D eigenvalue weighted by Gasteiger charge is -2.04. The fourth-order valence-electron chi connectivity index (χ4n) is 1.67. The molecule has 88 valence electrons. The van der Waals surface area contributed by atoms with Gasteiger partial charge in [-0.2, -0.15) is 5.10 Å². The van der Waals surface area contributed by atoms with Crippen LogP contribution in [0.3, 0.4) is 0 Å². The summed E-state index contributed by atoms with van der Waals surface area (Å²) >= 11 is 0. The second kappa shape index (κ2) is 4.93. The van der Waals surface area contributed by atoms with Gasteiger partial charge in [0.05, 0.1) is 5.69 Å². The van der Waals surface area contributed by atoms with E-state index in [4.69, 9.17) is 5.73 Å². The third-order valence-electron chi connectivity index (χ3n) is 2.64. The maximum atomic E-state index is 11.2. The Balaban J connectivity index is 2.33. The van der Waals surface area contributed by atoms with Gasteiger partial charge in [-0.25, -0.2) is 4.68 Å². The first-order valence-electron chi connectivity index (χ1n) is 5.54. The highest BCUT2D eigenvalue weighted by molar-refractivity contribution is 5.58. The van der Waals surface area contributed by atoms with E-state index in [0.717, 1.165) is 17.7 Å². The molecule has 0 aliphatic heterocycles. The predicted molar refractivity (Wildman–Crippen MR) is 67.7 cm³/mol. The van der Waals surface area contributed by atoms with Crippen LogP contribution in [0.25, 0.3) is 11.3 Å². The summed E-state index contributed by atoms with van der Waals surface area (Å²) in [5.74, 6) is 0. The molecule has 0 radical (unpaired) electrons. The van der Waals surface area contributed by atoms with Crippen LogP contribution >= 0.6 is 0 Å². The van der Waals surface area contributed by atoms with Crippen LogP contribution in [0.2, 0.25) is 0 Å². The molecule has 1 aromatic carbocycles. The fourth-order valence-corrected chi connectivity index (χ4v) is 1.67. The van der Waals surface area contributed by atoms with Crippen LogP contribution in [0.15, 0.2) is 41.2 Å². The first-order valence-corrected chi connectivity index (χ1v) is 5.54. The molecule has 17 heavy (non-hydrogen) atoms. The highest BCUT2D eigenvalue weighted by atomic mass is 16.1. The van der Waals surface area contributed by atoms with Gasteiger partial charge in [-0.3, -0.25) is 4.79 Å². The van der Waals surface area contributed by atoms with Crippen molar-refractivity contribution in [2.45, 2.75) is 6.42 Å². The van der Waals surface area contributed by atoms with E-state index >= 15 is 0 Å². The van der Waals surface area contributed by atoms with Gasteiger partial charge >= 0.3 is 0 Å². The van der Waals surface area contributed by atoms with Gasteiger partial charge in [-0.15, -0.1) is 0 Å². The number of hydrogen-bond acceptors (Lipinski definition) is 3. The van der Waals surface area contributed by atoms with Gasteiger partial charge in [0.25, 0.3) is 5.56 Å². The van der Waals surface area contributed by atoms with Crippen molar-refractivity contribution in [3.63, 3.8) is 0 Å². The van der Waals surface area contributed by atoms with E-state index in [-0.39, 0.29) is 5.56 Å². The molecule has 0 saturated carbocycles. The van der Waals surface area contributed by atoms with Crippen molar-refractivity contribution >= 4 is 0 Å². The zero-order chi connectivity index (χ0) is 12.3. The summed E-state index contributed by atoms with van der Waals surface area (Å²) < 4.78 is 1.34. The zero-order valence-corrected chi connectivity index (χ0v) is 9.76. The van der Waals surface area contributed by atoms with Gasteiger partial charge in [0.15, 0.2) is 0 Å². The molecule has 2 aromatic rings. The number of aryl methyl sites for hydroxylation is 1. The Kier molecular flexibility index (Phi) is 3.35. The second-order valence-electron chi connectivity index (χ2n) is 3.92. The van der Waals surface area contributed by atoms with E-state index in [2.05, 4.69) is 5.10 Å². The molecule has 0 fully saturated rings. The summed E-state index contributed by atoms with van der Waals surface area (Å²) in [6, 6.07) is 11.3. The minimum atomic E-state index is -0.103. The Hall–Kier alpha value is -1.94. The molecule has 0 saturated heterocycles. The minimum absolute atomic E-state index is 0.103. The highest BCUT2D eigenvalue weighted by Crippen LogP contribution is 2.16. The molecule has 4 heteroatoms. The quantitative estimate of drug-likeness (QED) is 0.852. The van der Waals surface area contributed by atoms with E-state index in [1.807, 2.05) is 24.3 Å². The van der Waals surface area contributed by atoms with Crippen LogP contribution in [0, 0.1) is 0 Å². The van der Waals surface area contributed by atoms with Crippen LogP contribution in [-0.4, -0.2) is 16.3 Å². The predicted octanol–water partition coefficient (Wildman–Crippen LogP) is 0.949. The third kappa shape index (κ3) is 2.60. The molecule has 0 atom stereocenters. The zero-order valence-electron chi connectivity index (χ0n) is 9.76. The lowest BCUT2D eigenvalue weighted by molar-refractivity contribution is 0.712. The molecule has 0 bridgehead atoms. The maximum Gasteiger partial charge on any atom is 0.266 e. The average molecular weight is 229 g/mol. The number of nitrogens with zero attached hydrogens (tertiary/aromatic N) is 2. The van der Waals surface area contributed by atoms with Crippen LogP contribution < -0.4 is 11.3 Å². The van der Waals surface area contributed by atoms with Crippen molar-refractivity contribution < 1.29 is 0 Å². The van der Waals surface area contributed by atoms with Gasteiger partial charge in [-0.1, -0.05) is 24.3 Å². The van der Waals surface area contributed by atoms with Crippen molar-refractivity contribution in [1.82, 2.24) is 9.78 Å². The molecular formula is C13H15N3O. The molecule has 1 aromatic heterocycles. The van der Waals surface area contributed by atoms with E-state index in [0.29, 0.717) is 6.54 Å². The normalized spacial score (nSPS) is 10.5. The summed E-state index contributed by atoms with van der Waals surface area (Å²) in [5, 5.41) is 4.20. The Labute approximate surface area is 99.7 Å². The maximum absolute atomic E-state index is 11.2. The molecule has 0 spiro atoms. The minimum Gasteiger partial charge on any atom is -0.330 e. The lowest BCUT2D eigenvalue weighted by atomic mass is 10.1. The summed E-state index contributed by atoms with van der Waals surface area (Å²) in [7, 11) is 1.65. The van der Waals surface area contributed by atoms with E-state index in [1.165, 1.54) is 16.3 Å². The average Bonchev–Trinajstić information content (AvgIpc) is 2.34. The highest BCUT2D eigenvalue weighted by Gasteiger charge is 2.01. The molecule has 4 nitrogen and oxygen atoms in total. The smallest absolute Gasteiger partial charge is 0.266 e. The van der Waals surface area contributed by atoms with Crippen LogP contribution in [0.5, 0.6) is 0 Å². The Bertz CT molecular complexity index is 558. The first kappa shape index (κ1) is 11.5. The molecule has 2 N–H and O–H groups in total. The molecule has 0 aliphatic rings. The lowest BCUT2D eigenvalue weighted by Crippen LogP contribution is -2.18. The number of hydrogen-bond donors (Lipinski definition) is 1. The van der Waals surface area contributed by atoms with Crippen molar-refractivity contribution in [3.05, 3.63) is 52.3 Å². The monoisotopic (exact) mass is 229 g/mol. The largest absolute Gasteiger partial charge is 0.330 e. The van der Waals surface area contributed by atoms with Crippen molar-refractivity contribution in [2.75, 3.05) is 6.54 Å². The van der Waals surface area contributed by atoms with Crippen LogP contribution in [0.4, 0.5) is 0 Å². The summed E-state index contributed by atoms with van der Waals surface area (Å²) in [6.07, 6.45) is 0.876. The first-order chi connectivity index (χ1) is 8.20. The van der Waals surface area contributed by atoms with Gasteiger partial charge in [0, 0.05) is 18.7 Å². The van der Waals surface area contributed by atoms with Gasteiger partial charge in [0.2, 0.25) is 0 Å². The Morgan fingerprint density at radius 2 is 1.88 bits per heavy atom. The van der Waals surface area contributed by atoms with Gasteiger partial charge in [-0.05, 0) is 24.6 Å². The molecule has 0 amide bonds. The summed E-state index contributed by atoms with van der Waals surface area (Å²) in [4.78, 5) is 11.2. The van der Waals surface area contributed by atoms with Crippen molar-refractivity contribution in [3.8, 4) is 11.3 Å². The Morgan fingerprint density at radius 1 is 1.18 bits per heavy atom. The van der Waals surface area contributed by atoms with Crippen LogP contribution in [0.1, 0.15) is 5.56 Å².